The van der Waals surface area contributed by atoms with Gasteiger partial charge in [0.05, 0.1) is 17.2 Å². The van der Waals surface area contributed by atoms with E-state index in [1.54, 1.807) is 19.9 Å². The maximum atomic E-state index is 12.2. The lowest BCUT2D eigenvalue weighted by Crippen LogP contribution is -2.08. The summed E-state index contributed by atoms with van der Waals surface area (Å²) in [5, 5.41) is 10.6. The van der Waals surface area contributed by atoms with Crippen molar-refractivity contribution < 1.29 is 18.7 Å². The molecule has 0 saturated carbocycles. The van der Waals surface area contributed by atoms with Crippen LogP contribution in [0.5, 0.6) is 5.75 Å². The molecule has 7 nitrogen and oxygen atoms in total. The number of nitrogens with zero attached hydrogens (tertiary/aromatic N) is 1. The van der Waals surface area contributed by atoms with Gasteiger partial charge in [0.2, 0.25) is 0 Å². The minimum Gasteiger partial charge on any atom is -0.487 e. The predicted molar refractivity (Wildman–Crippen MR) is 106 cm³/mol. The van der Waals surface area contributed by atoms with Gasteiger partial charge in [-0.1, -0.05) is 11.6 Å². The molecule has 0 aliphatic heterocycles. The number of aryl methyl sites for hydroxylation is 1. The number of ether oxygens (including phenoxy) is 2. The minimum absolute atomic E-state index is 0.133. The number of thiophene rings is 1. The lowest BCUT2D eigenvalue weighted by molar-refractivity contribution is 0.0529. The summed E-state index contributed by atoms with van der Waals surface area (Å²) >= 11 is 7.26. The fraction of sp³-hybridized carbons (Fsp3) is 0.211. The second-order valence-electron chi connectivity index (χ2n) is 5.80. The van der Waals surface area contributed by atoms with Gasteiger partial charge in [0.1, 0.15) is 33.9 Å². The Balaban J connectivity index is 1.98. The Kier molecular flexibility index (Phi) is 5.58. The van der Waals surface area contributed by atoms with Gasteiger partial charge in [-0.05, 0) is 25.5 Å². The van der Waals surface area contributed by atoms with Gasteiger partial charge in [0.25, 0.3) is 0 Å². The van der Waals surface area contributed by atoms with E-state index < -0.39 is 11.6 Å². The van der Waals surface area contributed by atoms with Gasteiger partial charge in [-0.15, -0.1) is 11.3 Å². The van der Waals surface area contributed by atoms with Crippen molar-refractivity contribution in [3.8, 4) is 11.8 Å². The Morgan fingerprint density at radius 2 is 2.14 bits per heavy atom. The molecule has 0 radical (unpaired) electrons. The van der Waals surface area contributed by atoms with Gasteiger partial charge in [-0.25, -0.2) is 9.59 Å². The number of nitrogen functional groups attached to an aromatic ring is 1. The van der Waals surface area contributed by atoms with Crippen LogP contribution in [0.1, 0.15) is 33.3 Å². The highest BCUT2D eigenvalue weighted by atomic mass is 35.5. The lowest BCUT2D eigenvalue weighted by atomic mass is 10.1. The van der Waals surface area contributed by atoms with E-state index in [1.807, 2.05) is 6.07 Å². The fourth-order valence-electron chi connectivity index (χ4n) is 2.69. The molecule has 0 aliphatic carbocycles. The zero-order valence-corrected chi connectivity index (χ0v) is 16.6. The number of hydrogen-bond donors (Lipinski definition) is 1. The average Bonchev–Trinajstić information content (AvgIpc) is 2.96. The first-order valence-corrected chi connectivity index (χ1v) is 9.40. The summed E-state index contributed by atoms with van der Waals surface area (Å²) in [7, 11) is 0. The number of carbonyl (C=O) groups excluding carboxylic acids is 1. The Morgan fingerprint density at radius 3 is 2.82 bits per heavy atom. The zero-order valence-electron chi connectivity index (χ0n) is 15.0. The van der Waals surface area contributed by atoms with Gasteiger partial charge >= 0.3 is 11.6 Å². The number of hydrogen-bond acceptors (Lipinski definition) is 8. The number of anilines is 1. The van der Waals surface area contributed by atoms with Crippen LogP contribution in [-0.2, 0) is 11.3 Å². The first kappa shape index (κ1) is 19.7. The van der Waals surface area contributed by atoms with E-state index in [9.17, 15) is 14.9 Å². The highest BCUT2D eigenvalue weighted by Gasteiger charge is 2.23. The minimum atomic E-state index is -0.578. The van der Waals surface area contributed by atoms with Gasteiger partial charge in [-0.2, -0.15) is 5.26 Å². The highest BCUT2D eigenvalue weighted by molar-refractivity contribution is 7.18. The summed E-state index contributed by atoms with van der Waals surface area (Å²) in [5.41, 5.74) is 6.89. The normalized spacial score (nSPS) is 10.6. The van der Waals surface area contributed by atoms with Crippen LogP contribution >= 0.6 is 22.9 Å². The van der Waals surface area contributed by atoms with Crippen LogP contribution in [0.25, 0.3) is 11.0 Å². The van der Waals surface area contributed by atoms with Gasteiger partial charge < -0.3 is 19.6 Å². The van der Waals surface area contributed by atoms with E-state index in [1.165, 1.54) is 12.1 Å². The second kappa shape index (κ2) is 7.92. The third kappa shape index (κ3) is 3.67. The Morgan fingerprint density at radius 1 is 1.39 bits per heavy atom. The standard InChI is InChI=1S/C19H15ClN2O5S/c1-3-25-19(24)17-12(11(7-21)18(22)28-17)8-26-15-6-14-10(5-13(15)20)9(2)4-16(23)27-14/h4-6H,3,8,22H2,1-2H3. The number of halogens is 1. The fourth-order valence-corrected chi connectivity index (χ4v) is 3.82. The molecule has 0 fully saturated rings. The molecule has 0 bridgehead atoms. The zero-order chi connectivity index (χ0) is 20.4. The van der Waals surface area contributed by atoms with E-state index >= 15 is 0 Å². The Labute approximate surface area is 168 Å². The van der Waals surface area contributed by atoms with Gasteiger partial charge in [0, 0.05) is 23.1 Å². The molecule has 144 valence electrons. The molecule has 0 aliphatic rings. The summed E-state index contributed by atoms with van der Waals surface area (Å²) in [6.45, 7) is 3.51. The van der Waals surface area contributed by atoms with Crippen molar-refractivity contribution in [3.63, 3.8) is 0 Å². The van der Waals surface area contributed by atoms with Crippen LogP contribution < -0.4 is 16.1 Å². The first-order valence-electron chi connectivity index (χ1n) is 8.20. The monoisotopic (exact) mass is 418 g/mol. The van der Waals surface area contributed by atoms with Crippen LogP contribution in [0.3, 0.4) is 0 Å². The average molecular weight is 419 g/mol. The number of rotatable bonds is 5. The number of benzene rings is 1. The third-order valence-corrected chi connectivity index (χ3v) is 5.32. The smallest absolute Gasteiger partial charge is 0.348 e. The molecule has 3 aromatic rings. The van der Waals surface area contributed by atoms with Crippen LogP contribution in [0, 0.1) is 18.3 Å². The van der Waals surface area contributed by atoms with E-state index in [0.29, 0.717) is 21.6 Å². The van der Waals surface area contributed by atoms with Crippen molar-refractivity contribution in [2.75, 3.05) is 12.3 Å². The third-order valence-electron chi connectivity index (χ3n) is 3.98. The van der Waals surface area contributed by atoms with Crippen molar-refractivity contribution in [3.05, 3.63) is 55.2 Å². The molecular weight excluding hydrogens is 404 g/mol. The molecule has 9 heteroatoms. The molecule has 2 heterocycles. The van der Waals surface area contributed by atoms with E-state index in [0.717, 1.165) is 16.9 Å². The number of esters is 1. The summed E-state index contributed by atoms with van der Waals surface area (Å²) in [6.07, 6.45) is 0. The maximum Gasteiger partial charge on any atom is 0.348 e. The molecule has 0 saturated heterocycles. The molecule has 2 N–H and O–H groups in total. The van der Waals surface area contributed by atoms with Crippen LogP contribution in [-0.4, -0.2) is 12.6 Å². The van der Waals surface area contributed by atoms with Crippen LogP contribution in [0.4, 0.5) is 5.00 Å². The first-order chi connectivity index (χ1) is 13.3. The van der Waals surface area contributed by atoms with Gasteiger partial charge in [-0.3, -0.25) is 0 Å². The largest absolute Gasteiger partial charge is 0.487 e. The maximum absolute atomic E-state index is 12.2. The number of fused-ring (bicyclic) bond motifs is 1. The van der Waals surface area contributed by atoms with Crippen molar-refractivity contribution in [1.82, 2.24) is 0 Å². The van der Waals surface area contributed by atoms with E-state index in [-0.39, 0.29) is 34.4 Å². The molecule has 1 aromatic carbocycles. The van der Waals surface area contributed by atoms with Crippen molar-refractivity contribution in [2.45, 2.75) is 20.5 Å². The van der Waals surface area contributed by atoms with E-state index in [2.05, 4.69) is 0 Å². The molecule has 3 rings (SSSR count). The topological polar surface area (TPSA) is 116 Å². The molecule has 28 heavy (non-hydrogen) atoms. The van der Waals surface area contributed by atoms with Gasteiger partial charge in [0.15, 0.2) is 0 Å². The van der Waals surface area contributed by atoms with Crippen molar-refractivity contribution in [2.24, 2.45) is 0 Å². The molecule has 0 spiro atoms. The summed E-state index contributed by atoms with van der Waals surface area (Å²) < 4.78 is 15.9. The second-order valence-corrected chi connectivity index (χ2v) is 7.26. The predicted octanol–water partition coefficient (Wildman–Crippen LogP) is 4.03. The van der Waals surface area contributed by atoms with Crippen LogP contribution in [0.2, 0.25) is 5.02 Å². The molecule has 0 unspecified atom stereocenters. The highest BCUT2D eigenvalue weighted by Crippen LogP contribution is 2.35. The number of nitrogens with two attached hydrogens (primary N) is 1. The van der Waals surface area contributed by atoms with E-state index in [4.69, 9.17) is 31.2 Å². The molecule has 2 aromatic heterocycles. The molecular formula is C19H15ClN2O5S. The number of carbonyl (C=O) groups is 1. The Bertz CT molecular complexity index is 1180. The summed E-state index contributed by atoms with van der Waals surface area (Å²) in [4.78, 5) is 24.0. The Hall–Kier alpha value is -3.02. The SMILES string of the molecule is CCOC(=O)c1sc(N)c(C#N)c1COc1cc2oc(=O)cc(C)c2cc1Cl. The lowest BCUT2D eigenvalue weighted by Gasteiger charge is -2.10. The van der Waals surface area contributed by atoms with Crippen LogP contribution in [0.15, 0.2) is 27.4 Å². The summed E-state index contributed by atoms with van der Waals surface area (Å²) in [6, 6.07) is 6.48. The number of nitriles is 1. The quantitative estimate of drug-likeness (QED) is 0.491. The van der Waals surface area contributed by atoms with Crippen molar-refractivity contribution >= 4 is 44.9 Å². The molecule has 0 atom stereocenters. The summed E-state index contributed by atoms with van der Waals surface area (Å²) in [5.74, 6) is -0.336. The molecule has 0 amide bonds. The van der Waals surface area contributed by atoms with Crippen molar-refractivity contribution in [1.29, 1.82) is 5.26 Å².